The van der Waals surface area contributed by atoms with Crippen LogP contribution in [0.2, 0.25) is 0 Å². The van der Waals surface area contributed by atoms with Crippen LogP contribution >= 0.6 is 0 Å². The van der Waals surface area contributed by atoms with Crippen LogP contribution in [0.15, 0.2) is 46.5 Å². The molecule has 0 aliphatic carbocycles. The van der Waals surface area contributed by atoms with Gasteiger partial charge in [-0.25, -0.2) is 29.4 Å². The first-order chi connectivity index (χ1) is 19.9. The van der Waals surface area contributed by atoms with E-state index >= 15 is 0 Å². The van der Waals surface area contributed by atoms with E-state index in [9.17, 15) is 9.90 Å². The number of anilines is 1. The maximum absolute atomic E-state index is 12.2. The molecule has 1 atom stereocenters. The van der Waals surface area contributed by atoms with Gasteiger partial charge in [-0.3, -0.25) is 0 Å². The van der Waals surface area contributed by atoms with Crippen LogP contribution in [0.3, 0.4) is 0 Å². The monoisotopic (exact) mass is 564 g/mol. The summed E-state index contributed by atoms with van der Waals surface area (Å²) in [5.74, 6) is 1.88. The van der Waals surface area contributed by atoms with E-state index in [-0.39, 0.29) is 18.2 Å². The lowest BCUT2D eigenvalue weighted by molar-refractivity contribution is 0.0601. The molecule has 1 aliphatic heterocycles. The fraction of sp³-hybridized carbons (Fsp3) is 0.429. The van der Waals surface area contributed by atoms with Crippen molar-refractivity contribution in [2.24, 2.45) is 9.98 Å². The van der Waals surface area contributed by atoms with Gasteiger partial charge in [-0.2, -0.15) is 5.10 Å². The number of carbonyl (C=O) groups is 1. The molecule has 1 saturated heterocycles. The molecule has 0 radical (unpaired) electrons. The minimum Gasteiger partial charge on any atom is -0.491 e. The Hall–Kier alpha value is -4.20. The van der Waals surface area contributed by atoms with Gasteiger partial charge in [-0.15, -0.1) is 0 Å². The van der Waals surface area contributed by atoms with Gasteiger partial charge in [-0.05, 0) is 38.9 Å². The molecule has 1 aromatic carbocycles. The molecule has 1 aliphatic rings. The Morgan fingerprint density at radius 1 is 1.29 bits per heavy atom. The number of likely N-dealkylation sites (N-methyl/N-ethyl adjacent to an activating group) is 1. The van der Waals surface area contributed by atoms with E-state index < -0.39 is 12.1 Å². The van der Waals surface area contributed by atoms with E-state index in [0.29, 0.717) is 48.8 Å². The summed E-state index contributed by atoms with van der Waals surface area (Å²) in [7, 11) is 5.08. The second-order valence-corrected chi connectivity index (χ2v) is 9.36. The molecule has 1 unspecified atom stereocenters. The lowest BCUT2D eigenvalue weighted by atomic mass is 10.1. The van der Waals surface area contributed by atoms with Gasteiger partial charge in [0.2, 0.25) is 0 Å². The van der Waals surface area contributed by atoms with Crippen LogP contribution in [0.1, 0.15) is 30.1 Å². The number of nitrogens with zero attached hydrogens (tertiary/aromatic N) is 7. The molecule has 2 aromatic heterocycles. The van der Waals surface area contributed by atoms with Crippen molar-refractivity contribution in [2.75, 3.05) is 52.5 Å². The van der Waals surface area contributed by atoms with Gasteiger partial charge < -0.3 is 29.5 Å². The summed E-state index contributed by atoms with van der Waals surface area (Å²) in [6.45, 7) is 3.70. The van der Waals surface area contributed by atoms with Crippen LogP contribution in [0.5, 0.6) is 5.75 Å². The highest BCUT2D eigenvalue weighted by molar-refractivity contribution is 5.95. The number of hydrogen-bond donors (Lipinski definition) is 2. The lowest BCUT2D eigenvalue weighted by Gasteiger charge is -2.32. The highest BCUT2D eigenvalue weighted by Gasteiger charge is 2.22. The van der Waals surface area contributed by atoms with Gasteiger partial charge in [0.15, 0.2) is 17.5 Å². The largest absolute Gasteiger partial charge is 0.491 e. The fourth-order valence-corrected chi connectivity index (χ4v) is 4.33. The molecule has 3 aromatic rings. The van der Waals surface area contributed by atoms with E-state index in [4.69, 9.17) is 24.2 Å². The Morgan fingerprint density at radius 2 is 2.10 bits per heavy atom. The van der Waals surface area contributed by atoms with Crippen molar-refractivity contribution in [3.8, 4) is 17.1 Å². The van der Waals surface area contributed by atoms with E-state index in [0.717, 1.165) is 18.4 Å². The molecular formula is C28H36N8O5. The molecular weight excluding hydrogens is 528 g/mol. The number of aliphatic hydroxyl groups excluding tert-OH is 1. The number of benzene rings is 1. The zero-order valence-electron chi connectivity index (χ0n) is 23.7. The van der Waals surface area contributed by atoms with Gasteiger partial charge in [0, 0.05) is 50.7 Å². The Kier molecular flexibility index (Phi) is 10.5. The predicted octanol–water partition coefficient (Wildman–Crippen LogP) is 2.63. The average molecular weight is 565 g/mol. The average Bonchev–Trinajstić information content (AvgIpc) is 3.41. The number of aliphatic hydroxyl groups is 1. The number of methoxy groups -OCH3 is 1. The minimum atomic E-state index is -0.638. The molecule has 0 amide bonds. The number of rotatable bonds is 12. The van der Waals surface area contributed by atoms with Crippen molar-refractivity contribution >= 4 is 36.0 Å². The van der Waals surface area contributed by atoms with E-state index in [1.807, 2.05) is 31.3 Å². The smallest absolute Gasteiger partial charge is 0.343 e. The molecule has 0 bridgehead atoms. The minimum absolute atomic E-state index is 0.146. The second-order valence-electron chi connectivity index (χ2n) is 9.36. The number of aromatic nitrogens is 4. The summed E-state index contributed by atoms with van der Waals surface area (Å²) < 4.78 is 17.6. The number of aliphatic imine (C=N–C) groups is 2. The van der Waals surface area contributed by atoms with Crippen molar-refractivity contribution in [1.82, 2.24) is 25.1 Å². The Balaban J connectivity index is 1.69. The summed E-state index contributed by atoms with van der Waals surface area (Å²) >= 11 is 0. The van der Waals surface area contributed by atoms with Gasteiger partial charge in [0.1, 0.15) is 36.2 Å². The van der Waals surface area contributed by atoms with Crippen LogP contribution in [-0.2, 0) is 9.47 Å². The van der Waals surface area contributed by atoms with E-state index in [1.54, 1.807) is 26.3 Å². The number of esters is 1. The maximum atomic E-state index is 12.2. The summed E-state index contributed by atoms with van der Waals surface area (Å²) in [6.07, 6.45) is 5.52. The van der Waals surface area contributed by atoms with Crippen molar-refractivity contribution in [3.63, 3.8) is 0 Å². The summed E-state index contributed by atoms with van der Waals surface area (Å²) in [4.78, 5) is 32.7. The molecule has 13 nitrogen and oxygen atoms in total. The molecule has 41 heavy (non-hydrogen) atoms. The standard InChI is InChI=1S/C28H36N8O5/c1-5-30-27-23(28(38)39-4)16-32-36(27)18-31-24-14-25(35(3)20-9-11-40-12-10-20)34-26(33-24)19-7-6-8-22(13-19)41-17-21(37)15-29-2/h5-8,13-14,16,18,20-21,29,37H,9-12,15,17H2,1-4H3. The topological polar surface area (TPSA) is 149 Å². The van der Waals surface area contributed by atoms with Crippen molar-refractivity contribution in [1.29, 1.82) is 0 Å². The third-order valence-corrected chi connectivity index (χ3v) is 6.50. The zero-order valence-corrected chi connectivity index (χ0v) is 23.7. The Labute approximate surface area is 238 Å². The van der Waals surface area contributed by atoms with Crippen LogP contribution in [0.25, 0.3) is 11.4 Å². The SMILES string of the molecule is CC=Nc1c(C(=O)OC)cnn1C=Nc1cc(N(C)C2CCOCC2)nc(-c2cccc(OCC(O)CNC)c2)n1. The first-order valence-corrected chi connectivity index (χ1v) is 13.4. The zero-order chi connectivity index (χ0) is 29.2. The molecule has 2 N–H and O–H groups in total. The fourth-order valence-electron chi connectivity index (χ4n) is 4.33. The van der Waals surface area contributed by atoms with Crippen molar-refractivity contribution in [2.45, 2.75) is 31.9 Å². The van der Waals surface area contributed by atoms with Crippen LogP contribution < -0.4 is 15.0 Å². The van der Waals surface area contributed by atoms with Crippen LogP contribution in [-0.4, -0.2) is 103 Å². The van der Waals surface area contributed by atoms with E-state index in [1.165, 1.54) is 24.3 Å². The molecule has 218 valence electrons. The summed E-state index contributed by atoms with van der Waals surface area (Å²) in [6, 6.07) is 9.45. The normalized spacial score (nSPS) is 15.0. The molecule has 1 fully saturated rings. The molecule has 4 rings (SSSR count). The highest BCUT2D eigenvalue weighted by atomic mass is 16.5. The highest BCUT2D eigenvalue weighted by Crippen LogP contribution is 2.28. The van der Waals surface area contributed by atoms with Crippen LogP contribution in [0, 0.1) is 0 Å². The van der Waals surface area contributed by atoms with E-state index in [2.05, 4.69) is 25.3 Å². The molecule has 3 heterocycles. The van der Waals surface area contributed by atoms with Crippen molar-refractivity contribution < 1.29 is 24.1 Å². The predicted molar refractivity (Wildman–Crippen MR) is 156 cm³/mol. The Morgan fingerprint density at radius 3 is 2.83 bits per heavy atom. The third-order valence-electron chi connectivity index (χ3n) is 6.50. The molecule has 13 heteroatoms. The van der Waals surface area contributed by atoms with Gasteiger partial charge in [-0.1, -0.05) is 12.1 Å². The number of ether oxygens (including phenoxy) is 3. The lowest BCUT2D eigenvalue weighted by Crippen LogP contribution is -2.37. The number of hydrogen-bond acceptors (Lipinski definition) is 12. The summed E-state index contributed by atoms with van der Waals surface area (Å²) in [5.41, 5.74) is 0.949. The van der Waals surface area contributed by atoms with Gasteiger partial charge >= 0.3 is 5.97 Å². The van der Waals surface area contributed by atoms with Crippen LogP contribution in [0.4, 0.5) is 17.5 Å². The summed E-state index contributed by atoms with van der Waals surface area (Å²) in [5, 5.41) is 17.2. The van der Waals surface area contributed by atoms with Gasteiger partial charge in [0.05, 0.1) is 13.3 Å². The first kappa shape index (κ1) is 29.8. The quantitative estimate of drug-likeness (QED) is 0.191. The molecule has 0 spiro atoms. The Bertz CT molecular complexity index is 1370. The first-order valence-electron chi connectivity index (χ1n) is 13.4. The van der Waals surface area contributed by atoms with Gasteiger partial charge in [0.25, 0.3) is 0 Å². The number of nitrogens with one attached hydrogen (secondary N) is 1. The maximum Gasteiger partial charge on any atom is 0.343 e. The third kappa shape index (κ3) is 7.72. The number of carbonyl (C=O) groups excluding carboxylic acids is 1. The second kappa shape index (κ2) is 14.4. The van der Waals surface area contributed by atoms with Crippen molar-refractivity contribution in [3.05, 3.63) is 42.1 Å². The molecule has 0 saturated carbocycles.